The van der Waals surface area contributed by atoms with Gasteiger partial charge in [0.2, 0.25) is 11.6 Å². The van der Waals surface area contributed by atoms with E-state index in [2.05, 4.69) is 9.97 Å². The van der Waals surface area contributed by atoms with Gasteiger partial charge in [-0.05, 0) is 0 Å². The molecule has 0 bridgehead atoms. The lowest BCUT2D eigenvalue weighted by Gasteiger charge is -2.16. The molecule has 2 aromatic heterocycles. The minimum atomic E-state index is -0.486. The highest BCUT2D eigenvalue weighted by Gasteiger charge is 2.36. The molecule has 0 spiro atoms. The molecule has 26 heavy (non-hydrogen) atoms. The van der Waals surface area contributed by atoms with Gasteiger partial charge in [-0.15, -0.1) is 0 Å². The fourth-order valence-corrected chi connectivity index (χ4v) is 4.71. The Morgan fingerprint density at radius 3 is 1.38 bits per heavy atom. The number of rotatable bonds is 4. The first-order valence-corrected chi connectivity index (χ1v) is 9.77. The normalized spacial score (nSPS) is 15.2. The van der Waals surface area contributed by atoms with E-state index < -0.39 is 11.6 Å². The second-order valence-electron chi connectivity index (χ2n) is 5.84. The van der Waals surface area contributed by atoms with Crippen molar-refractivity contribution in [2.24, 2.45) is 0 Å². The summed E-state index contributed by atoms with van der Waals surface area (Å²) in [7, 11) is 7.35. The van der Waals surface area contributed by atoms with E-state index >= 15 is 0 Å². The number of carbonyl (C=O) groups is 2. The summed E-state index contributed by atoms with van der Waals surface area (Å²) in [4.78, 5) is 38.8. The third-order valence-corrected chi connectivity index (χ3v) is 6.62. The van der Waals surface area contributed by atoms with E-state index in [9.17, 15) is 9.59 Å². The molecule has 0 N–H and O–H groups in total. The molecule has 0 aromatic carbocycles. The Morgan fingerprint density at radius 1 is 0.769 bits per heavy atom. The smallest absolute Gasteiger partial charge is 0.208 e. The van der Waals surface area contributed by atoms with Crippen LogP contribution in [0.3, 0.4) is 0 Å². The number of aromatic nitrogens is 2. The van der Waals surface area contributed by atoms with E-state index in [0.717, 1.165) is 0 Å². The average Bonchev–Trinajstić information content (AvgIpc) is 3.23. The van der Waals surface area contributed by atoms with Crippen molar-refractivity contribution in [3.05, 3.63) is 32.2 Å². The Labute approximate surface area is 168 Å². The second-order valence-corrected chi connectivity index (χ2v) is 8.61. The van der Waals surface area contributed by atoms with Gasteiger partial charge in [0.25, 0.3) is 0 Å². The van der Waals surface area contributed by atoms with Crippen LogP contribution in [0.25, 0.3) is 11.1 Å². The molecule has 1 aliphatic rings. The van der Waals surface area contributed by atoms with Crippen molar-refractivity contribution in [2.75, 3.05) is 38.0 Å². The van der Waals surface area contributed by atoms with Gasteiger partial charge in [-0.25, -0.2) is 9.97 Å². The van der Waals surface area contributed by atoms with Crippen LogP contribution < -0.4 is 9.80 Å². The Balaban J connectivity index is 2.06. The molecule has 0 fully saturated rings. The highest BCUT2D eigenvalue weighted by atomic mass is 35.5. The van der Waals surface area contributed by atoms with E-state index in [1.807, 2.05) is 28.2 Å². The third-order valence-electron chi connectivity index (χ3n) is 3.54. The van der Waals surface area contributed by atoms with Crippen LogP contribution >= 0.6 is 45.9 Å². The number of ketones is 2. The Hall–Kier alpha value is -1.74. The molecule has 3 rings (SSSR count). The van der Waals surface area contributed by atoms with Gasteiger partial charge >= 0.3 is 0 Å². The summed E-state index contributed by atoms with van der Waals surface area (Å²) in [6.07, 6.45) is 3.05. The van der Waals surface area contributed by atoms with E-state index in [1.54, 1.807) is 9.80 Å². The van der Waals surface area contributed by atoms with Crippen molar-refractivity contribution >= 4 is 78.9 Å². The quantitative estimate of drug-likeness (QED) is 0.694. The van der Waals surface area contributed by atoms with Gasteiger partial charge in [0.1, 0.15) is 10.1 Å². The zero-order valence-corrected chi connectivity index (χ0v) is 17.5. The lowest BCUT2D eigenvalue weighted by molar-refractivity contribution is -0.113. The maximum Gasteiger partial charge on any atom is 0.208 e. The zero-order chi connectivity index (χ0) is 19.2. The van der Waals surface area contributed by atoms with Crippen molar-refractivity contribution in [3.8, 4) is 0 Å². The second kappa shape index (κ2) is 7.11. The van der Waals surface area contributed by atoms with Gasteiger partial charge in [0, 0.05) is 40.6 Å². The SMILES string of the molecule is CN(C)c1ncc(C2=C(Cl)C(=O)C(c3cnc(N(C)C)s3)=C(Cl)C2=O)s1. The number of carbonyl (C=O) groups excluding carboxylic acids is 2. The lowest BCUT2D eigenvalue weighted by atomic mass is 9.95. The molecule has 0 saturated carbocycles. The molecule has 10 heteroatoms. The standard InChI is InChI=1S/C16H14Cl2N4O2S2/c1-21(2)15-19-5-7(25-15)9-11(17)14(24)10(12(18)13(9)23)8-6-20-16(26-8)22(3)4/h5-6H,1-4H3. The molecule has 2 heterocycles. The van der Waals surface area contributed by atoms with Gasteiger partial charge in [-0.1, -0.05) is 45.9 Å². The molecule has 0 unspecified atom stereocenters. The van der Waals surface area contributed by atoms with Crippen LogP contribution in [0.4, 0.5) is 10.3 Å². The molecule has 0 saturated heterocycles. The van der Waals surface area contributed by atoms with Gasteiger partial charge < -0.3 is 9.80 Å². The van der Waals surface area contributed by atoms with E-state index in [-0.39, 0.29) is 21.2 Å². The monoisotopic (exact) mass is 428 g/mol. The summed E-state index contributed by atoms with van der Waals surface area (Å²) in [5, 5.41) is 1.09. The Morgan fingerprint density at radius 2 is 1.12 bits per heavy atom. The molecule has 0 atom stereocenters. The summed E-state index contributed by atoms with van der Waals surface area (Å²) >= 11 is 15.1. The molecular formula is C16H14Cl2N4O2S2. The van der Waals surface area contributed by atoms with Crippen LogP contribution in [-0.2, 0) is 9.59 Å². The fraction of sp³-hybridized carbons (Fsp3) is 0.250. The molecule has 6 nitrogen and oxygen atoms in total. The number of hydrogen-bond acceptors (Lipinski definition) is 8. The molecule has 0 aliphatic heterocycles. The van der Waals surface area contributed by atoms with Gasteiger partial charge in [-0.2, -0.15) is 0 Å². The maximum absolute atomic E-state index is 12.8. The van der Waals surface area contributed by atoms with Crippen molar-refractivity contribution in [1.29, 1.82) is 0 Å². The van der Waals surface area contributed by atoms with Crippen LogP contribution in [-0.4, -0.2) is 49.7 Å². The summed E-state index contributed by atoms with van der Waals surface area (Å²) in [5.41, 5.74) is 0.182. The van der Waals surface area contributed by atoms with Crippen LogP contribution in [0.5, 0.6) is 0 Å². The first-order valence-electron chi connectivity index (χ1n) is 7.38. The largest absolute Gasteiger partial charge is 0.354 e. The number of Topliss-reactive ketones (excluding diaryl/α,β-unsaturated/α-hetero) is 2. The maximum atomic E-state index is 12.8. The number of allylic oxidation sites excluding steroid dienone is 4. The number of nitrogens with zero attached hydrogens (tertiary/aromatic N) is 4. The number of halogens is 2. The Bertz CT molecular complexity index is 894. The molecule has 136 valence electrons. The minimum absolute atomic E-state index is 0.0911. The summed E-state index contributed by atoms with van der Waals surface area (Å²) in [6, 6.07) is 0. The van der Waals surface area contributed by atoms with E-state index in [1.165, 1.54) is 35.1 Å². The highest BCUT2D eigenvalue weighted by molar-refractivity contribution is 7.18. The molecule has 0 amide bonds. The topological polar surface area (TPSA) is 66.4 Å². The fourth-order valence-electron chi connectivity index (χ4n) is 2.26. The van der Waals surface area contributed by atoms with Crippen molar-refractivity contribution in [2.45, 2.75) is 0 Å². The summed E-state index contributed by atoms with van der Waals surface area (Å²) < 4.78 is 0. The summed E-state index contributed by atoms with van der Waals surface area (Å²) in [6.45, 7) is 0. The van der Waals surface area contributed by atoms with Crippen molar-refractivity contribution < 1.29 is 9.59 Å². The number of thiazole rings is 2. The van der Waals surface area contributed by atoms with Crippen LogP contribution in [0.1, 0.15) is 9.75 Å². The van der Waals surface area contributed by atoms with Gasteiger partial charge in [-0.3, -0.25) is 9.59 Å². The lowest BCUT2D eigenvalue weighted by Crippen LogP contribution is -2.17. The molecule has 2 aromatic rings. The predicted octanol–water partition coefficient (Wildman–Crippen LogP) is 3.48. The van der Waals surface area contributed by atoms with Gasteiger partial charge in [0.15, 0.2) is 10.3 Å². The zero-order valence-electron chi connectivity index (χ0n) is 14.3. The van der Waals surface area contributed by atoms with Crippen molar-refractivity contribution in [1.82, 2.24) is 9.97 Å². The molecule has 0 radical (unpaired) electrons. The van der Waals surface area contributed by atoms with Crippen LogP contribution in [0, 0.1) is 0 Å². The van der Waals surface area contributed by atoms with Gasteiger partial charge in [0.05, 0.1) is 20.9 Å². The molecular weight excluding hydrogens is 415 g/mol. The minimum Gasteiger partial charge on any atom is -0.354 e. The molecule has 1 aliphatic carbocycles. The first-order chi connectivity index (χ1) is 12.2. The first kappa shape index (κ1) is 19.0. The average molecular weight is 429 g/mol. The number of hydrogen-bond donors (Lipinski definition) is 0. The predicted molar refractivity (Wildman–Crippen MR) is 108 cm³/mol. The van der Waals surface area contributed by atoms with Crippen molar-refractivity contribution in [3.63, 3.8) is 0 Å². The Kier molecular flexibility index (Phi) is 5.21. The summed E-state index contributed by atoms with van der Waals surface area (Å²) in [5.74, 6) is -0.972. The van der Waals surface area contributed by atoms with E-state index in [4.69, 9.17) is 23.2 Å². The highest BCUT2D eigenvalue weighted by Crippen LogP contribution is 2.42. The third kappa shape index (κ3) is 3.18. The van der Waals surface area contributed by atoms with Crippen LogP contribution in [0.15, 0.2) is 22.5 Å². The van der Waals surface area contributed by atoms with E-state index in [0.29, 0.717) is 20.0 Å². The van der Waals surface area contributed by atoms with Crippen LogP contribution in [0.2, 0.25) is 0 Å². The number of anilines is 2.